The zero-order valence-corrected chi connectivity index (χ0v) is 27.0. The van der Waals surface area contributed by atoms with E-state index < -0.39 is 0 Å². The predicted octanol–water partition coefficient (Wildman–Crippen LogP) is 1.58. The molecule has 2 aromatic heterocycles. The highest BCUT2D eigenvalue weighted by Gasteiger charge is 2.53. The number of allylic oxidation sites excluding steroid dienone is 1. The van der Waals surface area contributed by atoms with E-state index in [0.29, 0.717) is 31.7 Å². The van der Waals surface area contributed by atoms with Gasteiger partial charge in [0.15, 0.2) is 0 Å². The quantitative estimate of drug-likeness (QED) is 0.370. The minimum absolute atomic E-state index is 0.0318. The highest BCUT2D eigenvalue weighted by molar-refractivity contribution is 5.82. The zero-order chi connectivity index (χ0) is 31.4. The Morgan fingerprint density at radius 2 is 1.91 bits per heavy atom. The smallest absolute Gasteiger partial charge is 0.249 e. The van der Waals surface area contributed by atoms with Crippen LogP contribution in [0.2, 0.25) is 0 Å². The average molecular weight is 633 g/mol. The molecule has 0 spiro atoms. The van der Waals surface area contributed by atoms with Crippen molar-refractivity contribution in [1.29, 1.82) is 0 Å². The third kappa shape index (κ3) is 5.50. The van der Waals surface area contributed by atoms with Crippen LogP contribution in [0.25, 0.3) is 11.0 Å². The number of carbonyl (C=O) groups excluding carboxylic acids is 2. The van der Waals surface area contributed by atoms with Crippen LogP contribution in [0.5, 0.6) is 0 Å². The number of anilines is 1. The molecule has 8 rings (SSSR count). The van der Waals surface area contributed by atoms with Crippen LogP contribution in [0, 0.1) is 5.92 Å². The fourth-order valence-corrected chi connectivity index (χ4v) is 8.44. The van der Waals surface area contributed by atoms with Crippen LogP contribution < -0.4 is 21.3 Å². The van der Waals surface area contributed by atoms with E-state index in [1.807, 2.05) is 16.1 Å². The van der Waals surface area contributed by atoms with Crippen molar-refractivity contribution in [3.8, 4) is 0 Å². The standard InChI is InChI=1S/C33H48N10O3/c1-21(2)39-14-10-24(11-15-39)40-16-9-22-17-23(18-34-29(22)40)36-33-35-19-25-30(38-33)43-27-8-7-26-31(37-27)41(28(44)20-46-26)12-5-3-4-6-13-42(43)32(25)45/h4,6,9,16-18,21,24-27,30-31,33,35-38H,3,5,7-8,10-15,19-20H2,1-2H3/b6-4-. The second kappa shape index (κ2) is 12.5. The number of fused-ring (bicyclic) bond motifs is 6. The fourth-order valence-electron chi connectivity index (χ4n) is 8.44. The Balaban J connectivity index is 0.991. The van der Waals surface area contributed by atoms with E-state index >= 15 is 0 Å². The number of piperidine rings is 2. The summed E-state index contributed by atoms with van der Waals surface area (Å²) in [6.45, 7) is 8.73. The van der Waals surface area contributed by atoms with Gasteiger partial charge in [-0.05, 0) is 64.5 Å². The number of nitrogens with zero attached hydrogens (tertiary/aromatic N) is 6. The number of morpholine rings is 1. The van der Waals surface area contributed by atoms with Crippen molar-refractivity contribution in [2.75, 3.05) is 44.6 Å². The number of ether oxygens (including phenoxy) is 1. The topological polar surface area (TPSA) is 122 Å². The van der Waals surface area contributed by atoms with Gasteiger partial charge in [0.2, 0.25) is 11.8 Å². The number of aromatic nitrogens is 2. The number of hydrogen-bond acceptors (Lipinski definition) is 10. The molecule has 6 aliphatic rings. The van der Waals surface area contributed by atoms with Crippen molar-refractivity contribution >= 4 is 28.5 Å². The summed E-state index contributed by atoms with van der Waals surface area (Å²) in [7, 11) is 0. The molecule has 2 aromatic rings. The van der Waals surface area contributed by atoms with Crippen molar-refractivity contribution in [3.63, 3.8) is 0 Å². The number of hydrazine groups is 1. The van der Waals surface area contributed by atoms with Gasteiger partial charge in [0.25, 0.3) is 0 Å². The molecule has 248 valence electrons. The number of amides is 2. The molecule has 6 aliphatic heterocycles. The lowest BCUT2D eigenvalue weighted by molar-refractivity contribution is -0.176. The van der Waals surface area contributed by atoms with Crippen molar-refractivity contribution in [2.45, 2.75) is 95.3 Å². The monoisotopic (exact) mass is 632 g/mol. The first kappa shape index (κ1) is 30.3. The lowest BCUT2D eigenvalue weighted by Gasteiger charge is -2.50. The molecule has 5 saturated heterocycles. The third-order valence-corrected chi connectivity index (χ3v) is 10.9. The first-order valence-corrected chi connectivity index (χ1v) is 17.3. The Morgan fingerprint density at radius 1 is 1.04 bits per heavy atom. The Labute approximate surface area is 270 Å². The minimum atomic E-state index is -0.250. The summed E-state index contributed by atoms with van der Waals surface area (Å²) < 4.78 is 8.32. The van der Waals surface area contributed by atoms with Crippen LogP contribution in [0.1, 0.15) is 58.4 Å². The van der Waals surface area contributed by atoms with Gasteiger partial charge in [-0.3, -0.25) is 30.5 Å². The number of hydrogen-bond donors (Lipinski definition) is 4. The van der Waals surface area contributed by atoms with Gasteiger partial charge in [-0.1, -0.05) is 12.2 Å². The maximum Gasteiger partial charge on any atom is 0.249 e. The minimum Gasteiger partial charge on any atom is -0.365 e. The van der Waals surface area contributed by atoms with Gasteiger partial charge in [-0.2, -0.15) is 5.01 Å². The molecule has 6 unspecified atom stereocenters. The second-order valence-corrected chi connectivity index (χ2v) is 14.0. The van der Waals surface area contributed by atoms with Crippen LogP contribution in [0.3, 0.4) is 0 Å². The van der Waals surface area contributed by atoms with Crippen LogP contribution in [-0.4, -0.2) is 117 Å². The Bertz CT molecular complexity index is 1470. The number of nitrogens with one attached hydrogen (secondary N) is 4. The predicted molar refractivity (Wildman–Crippen MR) is 174 cm³/mol. The van der Waals surface area contributed by atoms with Gasteiger partial charge in [0.05, 0.1) is 42.8 Å². The second-order valence-electron chi connectivity index (χ2n) is 14.0. The molecule has 0 aliphatic carbocycles. The molecule has 0 aromatic carbocycles. The molecule has 46 heavy (non-hydrogen) atoms. The molecule has 13 nitrogen and oxygen atoms in total. The van der Waals surface area contributed by atoms with Gasteiger partial charge >= 0.3 is 0 Å². The molecule has 5 fully saturated rings. The van der Waals surface area contributed by atoms with Crippen LogP contribution >= 0.6 is 0 Å². The van der Waals surface area contributed by atoms with E-state index in [1.165, 1.54) is 0 Å². The van der Waals surface area contributed by atoms with Crippen molar-refractivity contribution in [1.82, 2.24) is 45.3 Å². The maximum absolute atomic E-state index is 13.8. The van der Waals surface area contributed by atoms with E-state index in [1.54, 1.807) is 0 Å². The van der Waals surface area contributed by atoms with Crippen LogP contribution in [0.15, 0.2) is 36.7 Å². The Morgan fingerprint density at radius 3 is 2.76 bits per heavy atom. The number of pyridine rings is 1. The average Bonchev–Trinajstić information content (AvgIpc) is 3.60. The molecule has 8 heterocycles. The summed E-state index contributed by atoms with van der Waals surface area (Å²) in [6, 6.07) is 5.41. The van der Waals surface area contributed by atoms with E-state index in [0.717, 1.165) is 68.3 Å². The summed E-state index contributed by atoms with van der Waals surface area (Å²) in [6.07, 6.45) is 13.2. The maximum atomic E-state index is 13.8. The lowest BCUT2D eigenvalue weighted by Crippen LogP contribution is -2.72. The molecular weight excluding hydrogens is 584 g/mol. The van der Waals surface area contributed by atoms with Gasteiger partial charge < -0.3 is 24.4 Å². The molecule has 2 bridgehead atoms. The van der Waals surface area contributed by atoms with Crippen LogP contribution in [0.4, 0.5) is 5.69 Å². The van der Waals surface area contributed by atoms with Crippen molar-refractivity contribution in [3.05, 3.63) is 36.7 Å². The summed E-state index contributed by atoms with van der Waals surface area (Å²) in [5.74, 6) is -0.0804. The summed E-state index contributed by atoms with van der Waals surface area (Å²) in [4.78, 5) is 36.1. The lowest BCUT2D eigenvalue weighted by atomic mass is 9.99. The molecule has 6 atom stereocenters. The van der Waals surface area contributed by atoms with E-state index in [4.69, 9.17) is 9.72 Å². The largest absolute Gasteiger partial charge is 0.365 e. The highest BCUT2D eigenvalue weighted by Crippen LogP contribution is 2.34. The number of rotatable bonds is 4. The van der Waals surface area contributed by atoms with E-state index in [2.05, 4.69) is 80.1 Å². The molecule has 0 saturated carbocycles. The first-order chi connectivity index (χ1) is 22.4. The van der Waals surface area contributed by atoms with Crippen molar-refractivity contribution < 1.29 is 14.3 Å². The number of likely N-dealkylation sites (tertiary alicyclic amines) is 1. The normalized spacial score (nSPS) is 33.9. The molecular formula is C33H48N10O3. The molecule has 4 N–H and O–H groups in total. The summed E-state index contributed by atoms with van der Waals surface area (Å²) >= 11 is 0. The van der Waals surface area contributed by atoms with Gasteiger partial charge in [0.1, 0.15) is 24.7 Å². The Hall–Kier alpha value is -3.07. The molecule has 0 radical (unpaired) electrons. The van der Waals surface area contributed by atoms with Gasteiger partial charge in [-0.15, -0.1) is 0 Å². The molecule has 2 amide bonds. The Kier molecular flexibility index (Phi) is 8.23. The molecule has 13 heteroatoms. The van der Waals surface area contributed by atoms with Crippen molar-refractivity contribution in [2.24, 2.45) is 5.92 Å². The van der Waals surface area contributed by atoms with E-state index in [-0.39, 0.29) is 55.2 Å². The third-order valence-electron chi connectivity index (χ3n) is 10.9. The van der Waals surface area contributed by atoms with E-state index in [9.17, 15) is 9.59 Å². The zero-order valence-electron chi connectivity index (χ0n) is 27.0. The SMILES string of the molecule is CC(C)N1CCC(n2ccc3cc(NC4NCC5C(=O)N6C/C=C\CCCN7C(=O)COC8CCC(NC87)N6C5N4)cnc32)CC1. The summed E-state index contributed by atoms with van der Waals surface area (Å²) in [5, 5.41) is 19.8. The van der Waals surface area contributed by atoms with Gasteiger partial charge in [0, 0.05) is 49.8 Å². The highest BCUT2D eigenvalue weighted by atomic mass is 16.5. The van der Waals surface area contributed by atoms with Crippen LogP contribution in [-0.2, 0) is 14.3 Å². The number of carbonyl (C=O) groups is 2. The fraction of sp³-hybridized carbons (Fsp3) is 0.667. The first-order valence-electron chi connectivity index (χ1n) is 17.3. The summed E-state index contributed by atoms with van der Waals surface area (Å²) in [5.41, 5.74) is 1.96. The van der Waals surface area contributed by atoms with Gasteiger partial charge in [-0.25, -0.2) is 4.98 Å².